The number of hydrogen-bond donors (Lipinski definition) is 2. The van der Waals surface area contributed by atoms with Gasteiger partial charge in [-0.05, 0) is 56.1 Å². The SMILES string of the molecule is CN(C)Cc1[nH]c(-c2ccc(-c3ccccc3C(F)(F)F)o2)nc1-c1ccccc1.FC(F)(F)c1ccccc1-c1ccc(-c2ncc(-c3ccccc3)[nH]2)o1. The van der Waals surface area contributed by atoms with Gasteiger partial charge in [0.05, 0.1) is 34.4 Å². The van der Waals surface area contributed by atoms with Crippen LogP contribution in [-0.2, 0) is 18.9 Å². The van der Waals surface area contributed by atoms with Crippen molar-refractivity contribution in [2.24, 2.45) is 0 Å². The molecular weight excluding hydrogens is 732 g/mol. The molecule has 0 aliphatic heterocycles. The number of nitrogens with one attached hydrogen (secondary N) is 2. The van der Waals surface area contributed by atoms with Gasteiger partial charge in [0.25, 0.3) is 0 Å². The molecule has 0 atom stereocenters. The summed E-state index contributed by atoms with van der Waals surface area (Å²) in [6, 6.07) is 36.3. The van der Waals surface area contributed by atoms with Crippen LogP contribution >= 0.6 is 0 Å². The first-order valence-corrected chi connectivity index (χ1v) is 17.3. The second-order valence-electron chi connectivity index (χ2n) is 12.9. The van der Waals surface area contributed by atoms with E-state index >= 15 is 0 Å². The van der Waals surface area contributed by atoms with Crippen LogP contribution in [-0.4, -0.2) is 38.9 Å². The summed E-state index contributed by atoms with van der Waals surface area (Å²) >= 11 is 0. The highest BCUT2D eigenvalue weighted by Gasteiger charge is 2.35. The Bertz CT molecular complexity index is 2530. The van der Waals surface area contributed by atoms with Crippen LogP contribution in [0.3, 0.4) is 0 Å². The van der Waals surface area contributed by atoms with Gasteiger partial charge < -0.3 is 23.7 Å². The van der Waals surface area contributed by atoms with Crippen molar-refractivity contribution in [1.29, 1.82) is 0 Å². The number of furan rings is 2. The predicted octanol–water partition coefficient (Wildman–Crippen LogP) is 12.1. The third-order valence-corrected chi connectivity index (χ3v) is 8.64. The molecule has 13 heteroatoms. The van der Waals surface area contributed by atoms with Crippen LogP contribution < -0.4 is 0 Å². The molecule has 284 valence electrons. The molecule has 0 fully saturated rings. The standard InChI is InChI=1S/C23H20F3N3O.C20H13F3N2O/c1-29(2)14-18-21(15-8-4-3-5-9-15)28-22(27-18)20-13-12-19(30-20)16-10-6-7-11-17(16)23(24,25)26;21-20(22,23)15-9-5-4-8-14(15)17-10-11-18(26-17)19-24-12-16(25-19)13-6-2-1-3-7-13/h3-13H,14H2,1-2H3,(H,27,28);1-12H,(H,24,25). The van der Waals surface area contributed by atoms with E-state index in [1.54, 1.807) is 30.5 Å². The minimum atomic E-state index is -4.46. The lowest BCUT2D eigenvalue weighted by atomic mass is 10.1. The number of halogens is 6. The van der Waals surface area contributed by atoms with E-state index in [-0.39, 0.29) is 22.6 Å². The van der Waals surface area contributed by atoms with E-state index < -0.39 is 23.5 Å². The molecular formula is C43H33F6N5O2. The Balaban J connectivity index is 0.000000173. The first-order valence-electron chi connectivity index (χ1n) is 17.3. The summed E-state index contributed by atoms with van der Waals surface area (Å²) in [4.78, 5) is 17.4. The Kier molecular flexibility index (Phi) is 10.5. The number of imidazole rings is 2. The normalized spacial score (nSPS) is 11.8. The second-order valence-corrected chi connectivity index (χ2v) is 12.9. The van der Waals surface area contributed by atoms with Crippen molar-refractivity contribution in [1.82, 2.24) is 24.8 Å². The van der Waals surface area contributed by atoms with E-state index in [9.17, 15) is 26.3 Å². The average molecular weight is 766 g/mol. The monoisotopic (exact) mass is 765 g/mol. The van der Waals surface area contributed by atoms with Gasteiger partial charge in [-0.1, -0.05) is 97.1 Å². The number of hydrogen-bond acceptors (Lipinski definition) is 5. The van der Waals surface area contributed by atoms with Crippen LogP contribution in [0.4, 0.5) is 26.3 Å². The van der Waals surface area contributed by atoms with E-state index in [4.69, 9.17) is 8.83 Å². The quantitative estimate of drug-likeness (QED) is 0.150. The number of nitrogens with zero attached hydrogens (tertiary/aromatic N) is 3. The minimum absolute atomic E-state index is 0.000367. The third-order valence-electron chi connectivity index (χ3n) is 8.64. The Labute approximate surface area is 317 Å². The van der Waals surface area contributed by atoms with Crippen LogP contribution in [0.25, 0.3) is 68.3 Å². The van der Waals surface area contributed by atoms with E-state index in [1.807, 2.05) is 79.7 Å². The van der Waals surface area contributed by atoms with Crippen molar-refractivity contribution in [3.05, 3.63) is 156 Å². The zero-order valence-corrected chi connectivity index (χ0v) is 29.9. The highest BCUT2D eigenvalue weighted by atomic mass is 19.4. The Morgan fingerprint density at radius 3 is 1.52 bits per heavy atom. The van der Waals surface area contributed by atoms with Gasteiger partial charge >= 0.3 is 12.4 Å². The zero-order chi connectivity index (χ0) is 39.5. The van der Waals surface area contributed by atoms with Crippen LogP contribution in [0.1, 0.15) is 16.8 Å². The Morgan fingerprint density at radius 1 is 0.536 bits per heavy atom. The summed E-state index contributed by atoms with van der Waals surface area (Å²) in [5.41, 5.74) is 2.93. The number of alkyl halides is 6. The molecule has 0 radical (unpaired) electrons. The predicted molar refractivity (Wildman–Crippen MR) is 202 cm³/mol. The van der Waals surface area contributed by atoms with Crippen LogP contribution in [0.2, 0.25) is 0 Å². The van der Waals surface area contributed by atoms with E-state index in [1.165, 1.54) is 36.4 Å². The number of aromatic amines is 2. The molecule has 7 nitrogen and oxygen atoms in total. The van der Waals surface area contributed by atoms with Gasteiger partial charge in [-0.25, -0.2) is 9.97 Å². The van der Waals surface area contributed by atoms with E-state index in [2.05, 4.69) is 19.9 Å². The average Bonchev–Trinajstić information content (AvgIpc) is 4.02. The molecule has 0 unspecified atom stereocenters. The summed E-state index contributed by atoms with van der Waals surface area (Å²) in [5.74, 6) is 1.97. The molecule has 4 aromatic heterocycles. The summed E-state index contributed by atoms with van der Waals surface area (Å²) in [6.45, 7) is 0.627. The van der Waals surface area contributed by atoms with Gasteiger partial charge in [0.15, 0.2) is 23.2 Å². The molecule has 4 heterocycles. The molecule has 0 saturated heterocycles. The maximum Gasteiger partial charge on any atom is 0.417 e. The van der Waals surface area contributed by atoms with Gasteiger partial charge in [0, 0.05) is 23.2 Å². The Morgan fingerprint density at radius 2 is 1.00 bits per heavy atom. The molecule has 0 amide bonds. The van der Waals surface area contributed by atoms with Gasteiger partial charge in [-0.15, -0.1) is 0 Å². The van der Waals surface area contributed by atoms with Crippen molar-refractivity contribution in [3.8, 4) is 68.3 Å². The fraction of sp³-hybridized carbons (Fsp3) is 0.116. The maximum absolute atomic E-state index is 13.4. The summed E-state index contributed by atoms with van der Waals surface area (Å²) in [6.07, 6.45) is -7.25. The first-order chi connectivity index (χ1) is 26.8. The number of aromatic nitrogens is 4. The minimum Gasteiger partial charge on any atom is -0.453 e. The number of benzene rings is 4. The number of rotatable bonds is 8. The second kappa shape index (κ2) is 15.6. The van der Waals surface area contributed by atoms with Gasteiger partial charge in [-0.3, -0.25) is 0 Å². The van der Waals surface area contributed by atoms with E-state index in [0.29, 0.717) is 29.7 Å². The maximum atomic E-state index is 13.4. The van der Waals surface area contributed by atoms with Crippen molar-refractivity contribution >= 4 is 0 Å². The van der Waals surface area contributed by atoms with Crippen molar-refractivity contribution < 1.29 is 35.2 Å². The zero-order valence-electron chi connectivity index (χ0n) is 29.9. The largest absolute Gasteiger partial charge is 0.453 e. The first kappa shape index (κ1) is 37.7. The topological polar surface area (TPSA) is 86.9 Å². The van der Waals surface area contributed by atoms with Crippen molar-refractivity contribution in [2.45, 2.75) is 18.9 Å². The highest BCUT2D eigenvalue weighted by Crippen LogP contribution is 2.40. The summed E-state index contributed by atoms with van der Waals surface area (Å²) < 4.78 is 91.1. The lowest BCUT2D eigenvalue weighted by molar-refractivity contribution is -0.138. The molecule has 4 aromatic carbocycles. The Hall–Kier alpha value is -6.60. The fourth-order valence-electron chi connectivity index (χ4n) is 6.11. The van der Waals surface area contributed by atoms with Crippen molar-refractivity contribution in [2.75, 3.05) is 14.1 Å². The third kappa shape index (κ3) is 8.37. The van der Waals surface area contributed by atoms with E-state index in [0.717, 1.165) is 40.3 Å². The molecule has 2 N–H and O–H groups in total. The molecule has 0 aliphatic rings. The molecule has 0 aliphatic carbocycles. The molecule has 0 saturated carbocycles. The smallest absolute Gasteiger partial charge is 0.417 e. The summed E-state index contributed by atoms with van der Waals surface area (Å²) in [5, 5.41) is 0. The lowest BCUT2D eigenvalue weighted by Crippen LogP contribution is -2.11. The molecule has 8 rings (SSSR count). The van der Waals surface area contributed by atoms with Gasteiger partial charge in [0.2, 0.25) is 0 Å². The fourth-order valence-corrected chi connectivity index (χ4v) is 6.11. The van der Waals surface area contributed by atoms with Gasteiger partial charge in [-0.2, -0.15) is 26.3 Å². The molecule has 8 aromatic rings. The number of H-pyrrole nitrogens is 2. The molecule has 0 bridgehead atoms. The van der Waals surface area contributed by atoms with Crippen molar-refractivity contribution in [3.63, 3.8) is 0 Å². The highest BCUT2D eigenvalue weighted by molar-refractivity contribution is 5.70. The lowest BCUT2D eigenvalue weighted by Gasteiger charge is -2.10. The van der Waals surface area contributed by atoms with Crippen LogP contribution in [0, 0.1) is 0 Å². The van der Waals surface area contributed by atoms with Crippen LogP contribution in [0.5, 0.6) is 0 Å². The molecule has 56 heavy (non-hydrogen) atoms. The molecule has 0 spiro atoms. The summed E-state index contributed by atoms with van der Waals surface area (Å²) in [7, 11) is 3.91. The van der Waals surface area contributed by atoms with Crippen LogP contribution in [0.15, 0.2) is 148 Å². The van der Waals surface area contributed by atoms with Gasteiger partial charge in [0.1, 0.15) is 11.5 Å².